The summed E-state index contributed by atoms with van der Waals surface area (Å²) in [6.45, 7) is 8.87. The number of esters is 1. The monoisotopic (exact) mass is 623 g/mol. The molecule has 264 valence electrons. The lowest BCUT2D eigenvalue weighted by molar-refractivity contribution is -0.137. The number of aliphatic hydroxyl groups is 1. The maximum atomic E-state index is 10.9. The SMILES string of the molecule is C=CC(=O)OCCCCCCCCCCCCCCCCCCCC.CCCCCCCCCCCCCCCCCCO. The van der Waals surface area contributed by atoms with Crippen LogP contribution in [0.3, 0.4) is 0 Å². The third-order valence-electron chi connectivity index (χ3n) is 8.92. The maximum absolute atomic E-state index is 10.9. The quantitative estimate of drug-likeness (QED) is 0.0429. The van der Waals surface area contributed by atoms with Crippen molar-refractivity contribution >= 4 is 5.97 Å². The van der Waals surface area contributed by atoms with Crippen LogP contribution in [0.2, 0.25) is 0 Å². The number of hydrogen-bond donors (Lipinski definition) is 1. The first-order valence-electron chi connectivity index (χ1n) is 20.1. The molecule has 0 heterocycles. The van der Waals surface area contributed by atoms with Gasteiger partial charge in [-0.1, -0.05) is 226 Å². The van der Waals surface area contributed by atoms with Gasteiger partial charge < -0.3 is 9.84 Å². The molecule has 0 aromatic rings. The smallest absolute Gasteiger partial charge is 0.330 e. The van der Waals surface area contributed by atoms with Gasteiger partial charge in [0, 0.05) is 12.7 Å². The zero-order valence-electron chi connectivity index (χ0n) is 30.5. The minimum Gasteiger partial charge on any atom is -0.463 e. The Hall–Kier alpha value is -0.830. The van der Waals surface area contributed by atoms with Crippen LogP contribution >= 0.6 is 0 Å². The van der Waals surface area contributed by atoms with Crippen LogP contribution in [-0.2, 0) is 9.53 Å². The molecule has 0 fully saturated rings. The molecule has 0 aliphatic heterocycles. The largest absolute Gasteiger partial charge is 0.463 e. The molecule has 0 saturated heterocycles. The lowest BCUT2D eigenvalue weighted by Gasteiger charge is -2.04. The van der Waals surface area contributed by atoms with Gasteiger partial charge in [-0.2, -0.15) is 0 Å². The molecule has 0 unspecified atom stereocenters. The Morgan fingerprint density at radius 2 is 0.659 bits per heavy atom. The first-order valence-corrected chi connectivity index (χ1v) is 20.1. The van der Waals surface area contributed by atoms with E-state index in [1.54, 1.807) is 0 Å². The van der Waals surface area contributed by atoms with E-state index >= 15 is 0 Å². The first kappa shape index (κ1) is 45.3. The second kappa shape index (κ2) is 44.3. The molecule has 0 saturated carbocycles. The molecule has 0 bridgehead atoms. The molecule has 0 radical (unpaired) electrons. The lowest BCUT2D eigenvalue weighted by atomic mass is 10.0. The predicted molar refractivity (Wildman–Crippen MR) is 197 cm³/mol. The second-order valence-electron chi connectivity index (χ2n) is 13.4. The summed E-state index contributed by atoms with van der Waals surface area (Å²) in [5.41, 5.74) is 0. The van der Waals surface area contributed by atoms with E-state index in [1.165, 1.54) is 212 Å². The van der Waals surface area contributed by atoms with Crippen molar-refractivity contribution in [2.75, 3.05) is 13.2 Å². The minimum absolute atomic E-state index is 0.299. The van der Waals surface area contributed by atoms with E-state index < -0.39 is 0 Å². The summed E-state index contributed by atoms with van der Waals surface area (Å²) in [5, 5.41) is 8.67. The molecule has 0 aromatic carbocycles. The standard InChI is InChI=1S/C23H44O2.C18H38O/c1-3-5-6-7-8-9-10-11-12-13-14-15-16-17-18-19-20-21-22-25-23(24)4-2;1-2-3-4-5-6-7-8-9-10-11-12-13-14-15-16-17-18-19/h4H,2-3,5-22H2,1H3;19H,2-18H2,1H3. The third-order valence-corrected chi connectivity index (χ3v) is 8.92. The van der Waals surface area contributed by atoms with Gasteiger partial charge in [-0.25, -0.2) is 4.79 Å². The van der Waals surface area contributed by atoms with Gasteiger partial charge in [0.15, 0.2) is 0 Å². The van der Waals surface area contributed by atoms with Crippen molar-refractivity contribution in [2.45, 2.75) is 232 Å². The first-order chi connectivity index (χ1) is 21.7. The highest BCUT2D eigenvalue weighted by Gasteiger charge is 1.97. The molecule has 0 amide bonds. The predicted octanol–water partition coefficient (Wildman–Crippen LogP) is 14.0. The van der Waals surface area contributed by atoms with E-state index in [1.807, 2.05) is 0 Å². The zero-order valence-corrected chi connectivity index (χ0v) is 30.5. The number of ether oxygens (including phenoxy) is 1. The zero-order chi connectivity index (χ0) is 32.4. The lowest BCUT2D eigenvalue weighted by Crippen LogP contribution is -2.01. The van der Waals surface area contributed by atoms with Crippen LogP contribution in [0, 0.1) is 0 Å². The van der Waals surface area contributed by atoms with Crippen molar-refractivity contribution in [3.05, 3.63) is 12.7 Å². The molecule has 0 spiro atoms. The number of hydrogen-bond acceptors (Lipinski definition) is 3. The molecule has 0 aliphatic rings. The molecule has 0 rings (SSSR count). The molecule has 3 nitrogen and oxygen atoms in total. The van der Waals surface area contributed by atoms with Crippen LogP contribution in [-0.4, -0.2) is 24.3 Å². The van der Waals surface area contributed by atoms with Crippen molar-refractivity contribution in [3.63, 3.8) is 0 Å². The van der Waals surface area contributed by atoms with Crippen molar-refractivity contribution in [1.29, 1.82) is 0 Å². The van der Waals surface area contributed by atoms with E-state index in [0.717, 1.165) is 12.8 Å². The van der Waals surface area contributed by atoms with Gasteiger partial charge in [-0.05, 0) is 12.8 Å². The van der Waals surface area contributed by atoms with Crippen molar-refractivity contribution < 1.29 is 14.6 Å². The maximum Gasteiger partial charge on any atom is 0.330 e. The van der Waals surface area contributed by atoms with E-state index in [2.05, 4.69) is 20.4 Å². The van der Waals surface area contributed by atoms with Gasteiger partial charge >= 0.3 is 5.97 Å². The molecule has 1 N–H and O–H groups in total. The van der Waals surface area contributed by atoms with Crippen LogP contribution in [0.25, 0.3) is 0 Å². The minimum atomic E-state index is -0.299. The Bertz CT molecular complexity index is 502. The Labute approximate surface area is 278 Å². The van der Waals surface area contributed by atoms with Crippen LogP contribution in [0.15, 0.2) is 12.7 Å². The summed E-state index contributed by atoms with van der Waals surface area (Å²) < 4.78 is 4.96. The fourth-order valence-electron chi connectivity index (χ4n) is 5.90. The van der Waals surface area contributed by atoms with Gasteiger partial charge in [0.2, 0.25) is 0 Å². The van der Waals surface area contributed by atoms with Gasteiger partial charge in [-0.3, -0.25) is 0 Å². The van der Waals surface area contributed by atoms with Crippen molar-refractivity contribution in [1.82, 2.24) is 0 Å². The molecule has 0 aliphatic carbocycles. The molecule has 3 heteroatoms. The molecular formula is C41H82O3. The molecule has 0 aromatic heterocycles. The van der Waals surface area contributed by atoms with Crippen molar-refractivity contribution in [2.24, 2.45) is 0 Å². The number of carbonyl (C=O) groups is 1. The van der Waals surface area contributed by atoms with Crippen LogP contribution in [0.4, 0.5) is 0 Å². The Morgan fingerprint density at radius 3 is 0.886 bits per heavy atom. The van der Waals surface area contributed by atoms with Gasteiger partial charge in [0.25, 0.3) is 0 Å². The highest BCUT2D eigenvalue weighted by molar-refractivity contribution is 5.81. The summed E-state index contributed by atoms with van der Waals surface area (Å²) in [6, 6.07) is 0. The van der Waals surface area contributed by atoms with Gasteiger partial charge in [0.05, 0.1) is 6.61 Å². The Kier molecular flexibility index (Phi) is 45.6. The number of aliphatic hydroxyl groups excluding tert-OH is 1. The van der Waals surface area contributed by atoms with Gasteiger partial charge in [0.1, 0.15) is 0 Å². The summed E-state index contributed by atoms with van der Waals surface area (Å²) in [5.74, 6) is -0.299. The van der Waals surface area contributed by atoms with E-state index in [4.69, 9.17) is 9.84 Å². The number of rotatable bonds is 36. The summed E-state index contributed by atoms with van der Waals surface area (Å²) in [6.07, 6.45) is 48.1. The Morgan fingerprint density at radius 1 is 0.432 bits per heavy atom. The molecule has 0 atom stereocenters. The van der Waals surface area contributed by atoms with E-state index in [0.29, 0.717) is 13.2 Å². The molecule has 44 heavy (non-hydrogen) atoms. The normalized spacial score (nSPS) is 10.9. The fourth-order valence-corrected chi connectivity index (χ4v) is 5.90. The summed E-state index contributed by atoms with van der Waals surface area (Å²) >= 11 is 0. The molecular weight excluding hydrogens is 540 g/mol. The third kappa shape index (κ3) is 45.6. The summed E-state index contributed by atoms with van der Waals surface area (Å²) in [4.78, 5) is 10.9. The second-order valence-corrected chi connectivity index (χ2v) is 13.4. The number of unbranched alkanes of at least 4 members (excludes halogenated alkanes) is 32. The number of carbonyl (C=O) groups excluding carboxylic acids is 1. The average molecular weight is 623 g/mol. The Balaban J connectivity index is 0. The highest BCUT2D eigenvalue weighted by atomic mass is 16.5. The topological polar surface area (TPSA) is 46.5 Å². The summed E-state index contributed by atoms with van der Waals surface area (Å²) in [7, 11) is 0. The van der Waals surface area contributed by atoms with E-state index in [-0.39, 0.29) is 5.97 Å². The highest BCUT2D eigenvalue weighted by Crippen LogP contribution is 2.15. The van der Waals surface area contributed by atoms with Crippen molar-refractivity contribution in [3.8, 4) is 0 Å². The van der Waals surface area contributed by atoms with E-state index in [9.17, 15) is 4.79 Å². The van der Waals surface area contributed by atoms with Crippen LogP contribution < -0.4 is 0 Å². The van der Waals surface area contributed by atoms with Crippen LogP contribution in [0.5, 0.6) is 0 Å². The van der Waals surface area contributed by atoms with Gasteiger partial charge in [-0.15, -0.1) is 0 Å². The average Bonchev–Trinajstić information content (AvgIpc) is 3.04. The fraction of sp³-hybridized carbons (Fsp3) is 0.927. The van der Waals surface area contributed by atoms with Crippen LogP contribution in [0.1, 0.15) is 232 Å².